The molecule has 2 aliphatic heterocycles. The molecule has 0 spiro atoms. The van der Waals surface area contributed by atoms with Gasteiger partial charge in [0.2, 0.25) is 0 Å². The van der Waals surface area contributed by atoms with Crippen molar-refractivity contribution in [1.29, 1.82) is 5.26 Å². The van der Waals surface area contributed by atoms with E-state index in [1.165, 1.54) is 0 Å². The standard InChI is InChI=1S/C22H25BrN4O2/c1-22(2)11-17-20(18(28)12-22)19(14-3-5-15(23)6-4-14)16(13-24)21(25)27(17)26-7-9-29-10-8-26/h3-6,19H,7-12,25H2,1-2H3/t19-/m0/s1. The maximum absolute atomic E-state index is 13.4. The first-order valence-corrected chi connectivity index (χ1v) is 10.7. The number of allylic oxidation sites excluding steroid dienone is 3. The van der Waals surface area contributed by atoms with Gasteiger partial charge < -0.3 is 10.5 Å². The summed E-state index contributed by atoms with van der Waals surface area (Å²) in [6, 6.07) is 10.1. The van der Waals surface area contributed by atoms with Crippen molar-refractivity contribution in [3.8, 4) is 6.07 Å². The molecule has 1 saturated heterocycles. The Morgan fingerprint density at radius 2 is 1.86 bits per heavy atom. The van der Waals surface area contributed by atoms with E-state index in [0.29, 0.717) is 49.7 Å². The second-order valence-electron chi connectivity index (χ2n) is 8.57. The molecule has 0 unspecified atom stereocenters. The maximum Gasteiger partial charge on any atom is 0.162 e. The highest BCUT2D eigenvalue weighted by molar-refractivity contribution is 9.10. The van der Waals surface area contributed by atoms with Gasteiger partial charge in [-0.3, -0.25) is 9.80 Å². The van der Waals surface area contributed by atoms with Crippen molar-refractivity contribution >= 4 is 21.7 Å². The number of ketones is 1. The third kappa shape index (κ3) is 3.61. The van der Waals surface area contributed by atoms with Crippen LogP contribution in [0.1, 0.15) is 38.2 Å². The Morgan fingerprint density at radius 1 is 1.21 bits per heavy atom. The molecule has 1 aliphatic carbocycles. The molecule has 0 saturated carbocycles. The van der Waals surface area contributed by atoms with Crippen LogP contribution in [0, 0.1) is 16.7 Å². The number of carbonyl (C=O) groups is 1. The Labute approximate surface area is 179 Å². The van der Waals surface area contributed by atoms with Crippen LogP contribution in [-0.4, -0.2) is 42.1 Å². The van der Waals surface area contributed by atoms with Crippen molar-refractivity contribution in [1.82, 2.24) is 10.0 Å². The number of hydrazine groups is 1. The Balaban J connectivity index is 1.91. The molecule has 1 fully saturated rings. The van der Waals surface area contributed by atoms with E-state index < -0.39 is 5.92 Å². The number of benzene rings is 1. The molecule has 152 valence electrons. The molecule has 6 nitrogen and oxygen atoms in total. The van der Waals surface area contributed by atoms with E-state index in [1.807, 2.05) is 29.3 Å². The van der Waals surface area contributed by atoms with E-state index in [9.17, 15) is 10.1 Å². The van der Waals surface area contributed by atoms with Gasteiger partial charge in [-0.1, -0.05) is 41.9 Å². The summed E-state index contributed by atoms with van der Waals surface area (Å²) in [7, 11) is 0. The number of hydrogen-bond acceptors (Lipinski definition) is 6. The van der Waals surface area contributed by atoms with Crippen LogP contribution in [0.4, 0.5) is 0 Å². The van der Waals surface area contributed by atoms with E-state index in [-0.39, 0.29) is 11.2 Å². The van der Waals surface area contributed by atoms with Crippen LogP contribution in [0.2, 0.25) is 0 Å². The maximum atomic E-state index is 13.4. The van der Waals surface area contributed by atoms with Gasteiger partial charge in [-0.15, -0.1) is 0 Å². The normalized spacial score (nSPS) is 25.1. The van der Waals surface area contributed by atoms with Gasteiger partial charge in [0, 0.05) is 35.3 Å². The van der Waals surface area contributed by atoms with Crippen LogP contribution >= 0.6 is 15.9 Å². The molecule has 2 N–H and O–H groups in total. The number of carbonyl (C=O) groups excluding carboxylic acids is 1. The number of nitrogens with two attached hydrogens (primary N) is 1. The van der Waals surface area contributed by atoms with Gasteiger partial charge in [-0.25, -0.2) is 5.01 Å². The molecule has 0 bridgehead atoms. The van der Waals surface area contributed by atoms with Gasteiger partial charge in [0.1, 0.15) is 5.82 Å². The van der Waals surface area contributed by atoms with Gasteiger partial charge in [-0.05, 0) is 29.5 Å². The Kier molecular flexibility index (Phi) is 5.28. The van der Waals surface area contributed by atoms with E-state index in [1.54, 1.807) is 0 Å². The topological polar surface area (TPSA) is 82.6 Å². The van der Waals surface area contributed by atoms with Crippen molar-refractivity contribution in [2.24, 2.45) is 11.1 Å². The van der Waals surface area contributed by atoms with Crippen LogP contribution in [-0.2, 0) is 9.53 Å². The summed E-state index contributed by atoms with van der Waals surface area (Å²) in [5.74, 6) is 0.0956. The van der Waals surface area contributed by atoms with Crippen LogP contribution in [0.5, 0.6) is 0 Å². The summed E-state index contributed by atoms with van der Waals surface area (Å²) in [5, 5.41) is 14.1. The molecule has 4 rings (SSSR count). The molecule has 29 heavy (non-hydrogen) atoms. The third-order valence-electron chi connectivity index (χ3n) is 5.83. The summed E-state index contributed by atoms with van der Waals surface area (Å²) in [6.45, 7) is 6.77. The molecular formula is C22H25BrN4O2. The van der Waals surface area contributed by atoms with Gasteiger partial charge >= 0.3 is 0 Å². The third-order valence-corrected chi connectivity index (χ3v) is 6.36. The minimum absolute atomic E-state index is 0.0997. The minimum atomic E-state index is -0.427. The number of halogens is 1. The zero-order valence-corrected chi connectivity index (χ0v) is 18.3. The van der Waals surface area contributed by atoms with Crippen molar-refractivity contribution in [3.05, 3.63) is 57.0 Å². The number of nitrogens with zero attached hydrogens (tertiary/aromatic N) is 3. The van der Waals surface area contributed by atoms with Crippen molar-refractivity contribution < 1.29 is 9.53 Å². The molecule has 0 aromatic heterocycles. The Morgan fingerprint density at radius 3 is 2.48 bits per heavy atom. The minimum Gasteiger partial charge on any atom is -0.383 e. The van der Waals surface area contributed by atoms with Crippen molar-refractivity contribution in [2.75, 3.05) is 26.3 Å². The van der Waals surface area contributed by atoms with E-state index in [4.69, 9.17) is 10.5 Å². The number of Topliss-reactive ketones (excluding diaryl/α,β-unsaturated/α-hetero) is 1. The monoisotopic (exact) mass is 456 g/mol. The molecule has 0 amide bonds. The molecule has 7 heteroatoms. The number of nitriles is 1. The van der Waals surface area contributed by atoms with Gasteiger partial charge in [0.05, 0.1) is 30.8 Å². The summed E-state index contributed by atoms with van der Waals surface area (Å²) >= 11 is 3.46. The molecular weight excluding hydrogens is 432 g/mol. The molecule has 1 aromatic rings. The summed E-state index contributed by atoms with van der Waals surface area (Å²) in [4.78, 5) is 13.4. The molecule has 0 radical (unpaired) electrons. The fourth-order valence-corrected chi connectivity index (χ4v) is 4.82. The lowest BCUT2D eigenvalue weighted by molar-refractivity contribution is -0.119. The number of hydrogen-bond donors (Lipinski definition) is 1. The first-order chi connectivity index (χ1) is 13.8. The average molecular weight is 457 g/mol. The molecule has 1 atom stereocenters. The van der Waals surface area contributed by atoms with Gasteiger partial charge in [0.15, 0.2) is 5.78 Å². The SMILES string of the molecule is CC1(C)CC(=O)C2=C(C1)N(N1CCOCC1)C(N)=C(C#N)[C@@H]2c1ccc(Br)cc1. The van der Waals surface area contributed by atoms with E-state index >= 15 is 0 Å². The highest BCUT2D eigenvalue weighted by atomic mass is 79.9. The first-order valence-electron chi connectivity index (χ1n) is 9.86. The lowest BCUT2D eigenvalue weighted by Crippen LogP contribution is -2.53. The highest BCUT2D eigenvalue weighted by Gasteiger charge is 2.45. The van der Waals surface area contributed by atoms with Crippen LogP contribution < -0.4 is 5.73 Å². The van der Waals surface area contributed by atoms with Crippen molar-refractivity contribution in [2.45, 2.75) is 32.6 Å². The summed E-state index contributed by atoms with van der Waals surface area (Å²) < 4.78 is 6.45. The molecule has 2 heterocycles. The predicted octanol–water partition coefficient (Wildman–Crippen LogP) is 3.43. The largest absolute Gasteiger partial charge is 0.383 e. The Hall–Kier alpha value is -2.14. The zero-order chi connectivity index (χ0) is 20.8. The fraction of sp³-hybridized carbons (Fsp3) is 0.455. The van der Waals surface area contributed by atoms with E-state index in [2.05, 4.69) is 40.9 Å². The van der Waals surface area contributed by atoms with E-state index in [0.717, 1.165) is 22.2 Å². The molecule has 1 aromatic carbocycles. The lowest BCUT2D eigenvalue weighted by atomic mass is 9.69. The summed E-state index contributed by atoms with van der Waals surface area (Å²) in [6.07, 6.45) is 1.20. The Bertz CT molecular complexity index is 937. The smallest absolute Gasteiger partial charge is 0.162 e. The van der Waals surface area contributed by atoms with Gasteiger partial charge in [-0.2, -0.15) is 5.26 Å². The first kappa shape index (κ1) is 20.1. The van der Waals surface area contributed by atoms with Crippen molar-refractivity contribution in [3.63, 3.8) is 0 Å². The second-order valence-corrected chi connectivity index (χ2v) is 9.49. The van der Waals surface area contributed by atoms with Crippen LogP contribution in [0.3, 0.4) is 0 Å². The van der Waals surface area contributed by atoms with Crippen LogP contribution in [0.25, 0.3) is 0 Å². The predicted molar refractivity (Wildman–Crippen MR) is 113 cm³/mol. The highest BCUT2D eigenvalue weighted by Crippen LogP contribution is 2.49. The average Bonchev–Trinajstić information content (AvgIpc) is 2.67. The quantitative estimate of drug-likeness (QED) is 0.733. The van der Waals surface area contributed by atoms with Crippen LogP contribution in [0.15, 0.2) is 51.4 Å². The fourth-order valence-electron chi connectivity index (χ4n) is 4.56. The zero-order valence-electron chi connectivity index (χ0n) is 16.7. The van der Waals surface area contributed by atoms with Gasteiger partial charge in [0.25, 0.3) is 0 Å². The second kappa shape index (κ2) is 7.60. The molecule has 3 aliphatic rings. The number of morpholine rings is 1. The number of rotatable bonds is 2. The lowest BCUT2D eigenvalue weighted by Gasteiger charge is -2.48. The summed E-state index contributed by atoms with van der Waals surface area (Å²) in [5.41, 5.74) is 9.44. The number of ether oxygens (including phenoxy) is 1.